The van der Waals surface area contributed by atoms with Gasteiger partial charge in [-0.05, 0) is 49.2 Å². The van der Waals surface area contributed by atoms with Gasteiger partial charge in [-0.2, -0.15) is 5.26 Å². The molecule has 0 aliphatic rings. The maximum Gasteiger partial charge on any atom is 0.328 e. The Morgan fingerprint density at radius 2 is 1.90 bits per heavy atom. The number of carbonyl (C=O) groups is 2. The van der Waals surface area contributed by atoms with E-state index in [9.17, 15) is 9.59 Å². The van der Waals surface area contributed by atoms with Crippen LogP contribution in [0.15, 0.2) is 42.5 Å². The Labute approximate surface area is 168 Å². The normalized spacial score (nSPS) is 10.5. The van der Waals surface area contributed by atoms with Crippen molar-refractivity contribution >= 4 is 28.6 Å². The van der Waals surface area contributed by atoms with E-state index in [0.29, 0.717) is 16.7 Å². The highest BCUT2D eigenvalue weighted by Gasteiger charge is 2.19. The summed E-state index contributed by atoms with van der Waals surface area (Å²) in [7, 11) is 0. The number of ether oxygens (including phenoxy) is 1. The van der Waals surface area contributed by atoms with Crippen molar-refractivity contribution in [3.63, 3.8) is 0 Å². The first kappa shape index (κ1) is 20.0. The zero-order valence-corrected chi connectivity index (χ0v) is 16.3. The van der Waals surface area contributed by atoms with Crippen molar-refractivity contribution < 1.29 is 14.3 Å². The van der Waals surface area contributed by atoms with E-state index in [1.54, 1.807) is 12.1 Å². The number of carbonyl (C=O) groups excluding carboxylic acids is 2. The first-order chi connectivity index (χ1) is 14.0. The minimum atomic E-state index is -0.588. The monoisotopic (exact) mass is 391 g/mol. The molecule has 0 radical (unpaired) electrons. The second kappa shape index (κ2) is 8.97. The van der Waals surface area contributed by atoms with Crippen LogP contribution in [0.2, 0.25) is 0 Å². The number of fused-ring (bicyclic) bond motifs is 1. The van der Waals surface area contributed by atoms with Crippen LogP contribution in [0.1, 0.15) is 17.5 Å². The number of nitriles is 1. The lowest BCUT2D eigenvalue weighted by atomic mass is 10.1. The van der Waals surface area contributed by atoms with Gasteiger partial charge in [-0.25, -0.2) is 4.68 Å². The summed E-state index contributed by atoms with van der Waals surface area (Å²) in [4.78, 5) is 26.4. The zero-order chi connectivity index (χ0) is 20.8. The van der Waals surface area contributed by atoms with Crippen molar-refractivity contribution in [1.82, 2.24) is 15.0 Å². The van der Waals surface area contributed by atoms with E-state index in [-0.39, 0.29) is 25.4 Å². The molecular formula is C21H21N5O3. The van der Waals surface area contributed by atoms with Crippen LogP contribution in [-0.2, 0) is 20.9 Å². The van der Waals surface area contributed by atoms with Gasteiger partial charge in [0.05, 0.1) is 18.0 Å². The molecule has 8 nitrogen and oxygen atoms in total. The number of aryl methyl sites for hydroxylation is 2. The number of para-hydroxylation sites is 1. The maximum absolute atomic E-state index is 12.7. The largest absolute Gasteiger partial charge is 0.454 e. The van der Waals surface area contributed by atoms with E-state index in [2.05, 4.69) is 10.3 Å². The molecule has 1 amide bonds. The van der Waals surface area contributed by atoms with Crippen LogP contribution >= 0.6 is 0 Å². The molecule has 1 heterocycles. The minimum absolute atomic E-state index is 0.143. The molecule has 3 aromatic rings. The second-order valence-electron chi connectivity index (χ2n) is 6.70. The van der Waals surface area contributed by atoms with Gasteiger partial charge in [-0.3, -0.25) is 9.59 Å². The van der Waals surface area contributed by atoms with Crippen LogP contribution in [0.4, 0.5) is 5.69 Å². The summed E-state index contributed by atoms with van der Waals surface area (Å²) >= 11 is 0. The molecular weight excluding hydrogens is 370 g/mol. The van der Waals surface area contributed by atoms with Crippen LogP contribution in [0.25, 0.3) is 11.0 Å². The second-order valence-corrected chi connectivity index (χ2v) is 6.70. The molecule has 0 aliphatic carbocycles. The van der Waals surface area contributed by atoms with E-state index in [4.69, 9.17) is 10.00 Å². The van der Waals surface area contributed by atoms with Gasteiger partial charge in [0.1, 0.15) is 12.1 Å². The number of anilines is 1. The molecule has 1 aromatic heterocycles. The number of amides is 1. The molecule has 0 fully saturated rings. The Bertz CT molecular complexity index is 1060. The van der Waals surface area contributed by atoms with Gasteiger partial charge in [-0.15, -0.1) is 5.10 Å². The van der Waals surface area contributed by atoms with Crippen molar-refractivity contribution in [3.8, 4) is 6.07 Å². The Morgan fingerprint density at radius 3 is 2.62 bits per heavy atom. The summed E-state index contributed by atoms with van der Waals surface area (Å²) < 4.78 is 6.60. The average molecular weight is 391 g/mol. The molecule has 2 aromatic carbocycles. The van der Waals surface area contributed by atoms with Gasteiger partial charge in [0.15, 0.2) is 6.61 Å². The fourth-order valence-corrected chi connectivity index (χ4v) is 3.09. The lowest BCUT2D eigenvalue weighted by molar-refractivity contribution is -0.148. The van der Waals surface area contributed by atoms with Crippen LogP contribution in [0.5, 0.6) is 0 Å². The van der Waals surface area contributed by atoms with Crippen molar-refractivity contribution in [3.05, 3.63) is 53.6 Å². The maximum atomic E-state index is 12.7. The number of hydrogen-bond acceptors (Lipinski definition) is 6. The van der Waals surface area contributed by atoms with E-state index in [1.165, 1.54) is 9.58 Å². The predicted octanol–water partition coefficient (Wildman–Crippen LogP) is 2.54. The Balaban J connectivity index is 1.66. The van der Waals surface area contributed by atoms with Crippen molar-refractivity contribution in [2.75, 3.05) is 18.1 Å². The van der Waals surface area contributed by atoms with Gasteiger partial charge in [0, 0.05) is 12.2 Å². The molecule has 148 valence electrons. The summed E-state index contributed by atoms with van der Waals surface area (Å²) in [5.74, 6) is -0.975. The average Bonchev–Trinajstić information content (AvgIpc) is 3.09. The highest BCUT2D eigenvalue weighted by atomic mass is 16.5. The lowest BCUT2D eigenvalue weighted by Gasteiger charge is -2.22. The van der Waals surface area contributed by atoms with Crippen molar-refractivity contribution in [1.29, 1.82) is 5.26 Å². The summed E-state index contributed by atoms with van der Waals surface area (Å²) in [6.45, 7) is 3.54. The summed E-state index contributed by atoms with van der Waals surface area (Å²) in [5, 5.41) is 16.8. The van der Waals surface area contributed by atoms with E-state index in [0.717, 1.165) is 11.1 Å². The van der Waals surface area contributed by atoms with Crippen LogP contribution in [0, 0.1) is 25.2 Å². The molecule has 0 saturated carbocycles. The Morgan fingerprint density at radius 1 is 1.17 bits per heavy atom. The van der Waals surface area contributed by atoms with Crippen molar-refractivity contribution in [2.24, 2.45) is 0 Å². The molecule has 0 aliphatic heterocycles. The van der Waals surface area contributed by atoms with E-state index < -0.39 is 12.6 Å². The topological polar surface area (TPSA) is 101 Å². The number of benzene rings is 2. The lowest BCUT2D eigenvalue weighted by Crippen LogP contribution is -2.36. The fourth-order valence-electron chi connectivity index (χ4n) is 3.09. The minimum Gasteiger partial charge on any atom is -0.454 e. The highest BCUT2D eigenvalue weighted by molar-refractivity contribution is 5.95. The fraction of sp³-hybridized carbons (Fsp3) is 0.286. The molecule has 8 heteroatoms. The Kier molecular flexibility index (Phi) is 6.19. The summed E-state index contributed by atoms with van der Waals surface area (Å²) in [5.41, 5.74) is 4.08. The first-order valence-corrected chi connectivity index (χ1v) is 9.17. The number of esters is 1. The quantitative estimate of drug-likeness (QED) is 0.574. The predicted molar refractivity (Wildman–Crippen MR) is 107 cm³/mol. The summed E-state index contributed by atoms with van der Waals surface area (Å²) in [6, 6.07) is 15.0. The number of hydrogen-bond donors (Lipinski definition) is 0. The zero-order valence-electron chi connectivity index (χ0n) is 16.3. The molecule has 0 unspecified atom stereocenters. The van der Waals surface area contributed by atoms with Gasteiger partial charge in [0.25, 0.3) is 5.91 Å². The van der Waals surface area contributed by atoms with E-state index >= 15 is 0 Å². The third kappa shape index (κ3) is 4.96. The molecule has 0 N–H and O–H groups in total. The molecule has 0 bridgehead atoms. The first-order valence-electron chi connectivity index (χ1n) is 9.17. The van der Waals surface area contributed by atoms with Gasteiger partial charge in [0.2, 0.25) is 0 Å². The van der Waals surface area contributed by atoms with E-state index in [1.807, 2.05) is 50.2 Å². The molecule has 0 saturated heterocycles. The van der Waals surface area contributed by atoms with Crippen LogP contribution in [0.3, 0.4) is 0 Å². The number of aromatic nitrogens is 3. The van der Waals surface area contributed by atoms with Gasteiger partial charge in [-0.1, -0.05) is 23.4 Å². The highest BCUT2D eigenvalue weighted by Crippen LogP contribution is 2.19. The number of nitrogens with zero attached hydrogens (tertiary/aromatic N) is 5. The van der Waals surface area contributed by atoms with Crippen LogP contribution < -0.4 is 4.90 Å². The molecule has 0 atom stereocenters. The third-order valence-corrected chi connectivity index (χ3v) is 4.32. The molecule has 0 spiro atoms. The van der Waals surface area contributed by atoms with Gasteiger partial charge < -0.3 is 9.64 Å². The SMILES string of the molecule is Cc1cc(C)cc(N(CCC#N)C(=O)COC(=O)Cn2nnc3ccccc32)c1. The molecule has 3 rings (SSSR count). The van der Waals surface area contributed by atoms with Gasteiger partial charge >= 0.3 is 5.97 Å². The molecule has 29 heavy (non-hydrogen) atoms. The standard InChI is InChI=1S/C21H21N5O3/c1-15-10-16(2)12-17(11-15)25(9-5-8-22)20(27)14-29-21(28)13-26-19-7-4-3-6-18(19)23-24-26/h3-4,6-7,10-12H,5,9,13-14H2,1-2H3. The van der Waals surface area contributed by atoms with Crippen molar-refractivity contribution in [2.45, 2.75) is 26.8 Å². The third-order valence-electron chi connectivity index (χ3n) is 4.32. The van der Waals surface area contributed by atoms with Crippen LogP contribution in [-0.4, -0.2) is 40.0 Å². The summed E-state index contributed by atoms with van der Waals surface area (Å²) in [6.07, 6.45) is 0.178. The number of rotatable bonds is 7. The smallest absolute Gasteiger partial charge is 0.328 e. The Hall–Kier alpha value is -3.73.